The third-order valence-corrected chi connectivity index (χ3v) is 1.86. The summed E-state index contributed by atoms with van der Waals surface area (Å²) in [6.07, 6.45) is 0. The SMILES string of the molecule is Nc1ccc(P)c(N)c1N. The van der Waals surface area contributed by atoms with Crippen LogP contribution in [0.4, 0.5) is 17.1 Å². The second-order valence-electron chi connectivity index (χ2n) is 2.07. The van der Waals surface area contributed by atoms with Crippen LogP contribution < -0.4 is 22.5 Å². The van der Waals surface area contributed by atoms with Gasteiger partial charge in [-0.15, -0.1) is 9.24 Å². The molecule has 10 heavy (non-hydrogen) atoms. The largest absolute Gasteiger partial charge is 0.397 e. The number of hydrogen-bond donors (Lipinski definition) is 3. The zero-order valence-corrected chi connectivity index (χ0v) is 6.62. The summed E-state index contributed by atoms with van der Waals surface area (Å²) in [5.74, 6) is 0. The Morgan fingerprint density at radius 1 is 1.00 bits per heavy atom. The van der Waals surface area contributed by atoms with Crippen molar-refractivity contribution >= 4 is 31.6 Å². The fourth-order valence-corrected chi connectivity index (χ4v) is 0.922. The molecule has 0 spiro atoms. The third kappa shape index (κ3) is 1.00. The average molecular weight is 155 g/mol. The molecule has 1 atom stereocenters. The minimum absolute atomic E-state index is 0.465. The van der Waals surface area contributed by atoms with Gasteiger partial charge in [-0.25, -0.2) is 0 Å². The van der Waals surface area contributed by atoms with Crippen LogP contribution in [0.3, 0.4) is 0 Å². The van der Waals surface area contributed by atoms with E-state index in [-0.39, 0.29) is 0 Å². The van der Waals surface area contributed by atoms with Gasteiger partial charge in [0.2, 0.25) is 0 Å². The first-order chi connectivity index (χ1) is 4.63. The lowest BCUT2D eigenvalue weighted by Gasteiger charge is -2.05. The van der Waals surface area contributed by atoms with Gasteiger partial charge < -0.3 is 17.2 Å². The Hall–Kier alpha value is -0.950. The van der Waals surface area contributed by atoms with Crippen molar-refractivity contribution in [2.75, 3.05) is 17.2 Å². The van der Waals surface area contributed by atoms with Gasteiger partial charge in [0.25, 0.3) is 0 Å². The van der Waals surface area contributed by atoms with Gasteiger partial charge in [0.15, 0.2) is 0 Å². The lowest BCUT2D eigenvalue weighted by Crippen LogP contribution is -2.07. The molecule has 1 aromatic carbocycles. The predicted molar refractivity (Wildman–Crippen MR) is 49.0 cm³/mol. The summed E-state index contributed by atoms with van der Waals surface area (Å²) >= 11 is 0. The van der Waals surface area contributed by atoms with Crippen LogP contribution in [-0.4, -0.2) is 0 Å². The Morgan fingerprint density at radius 3 is 2.10 bits per heavy atom. The van der Waals surface area contributed by atoms with E-state index in [4.69, 9.17) is 17.2 Å². The van der Waals surface area contributed by atoms with Gasteiger partial charge in [0, 0.05) is 0 Å². The average Bonchev–Trinajstić information content (AvgIpc) is 1.93. The van der Waals surface area contributed by atoms with Crippen molar-refractivity contribution in [3.05, 3.63) is 12.1 Å². The fourth-order valence-electron chi connectivity index (χ4n) is 0.670. The molecule has 4 heteroatoms. The molecule has 6 N–H and O–H groups in total. The number of benzene rings is 1. The van der Waals surface area contributed by atoms with Crippen LogP contribution >= 0.6 is 9.24 Å². The second-order valence-corrected chi connectivity index (χ2v) is 2.69. The molecule has 3 nitrogen and oxygen atoms in total. The van der Waals surface area contributed by atoms with Gasteiger partial charge in [-0.1, -0.05) is 6.07 Å². The van der Waals surface area contributed by atoms with E-state index in [0.717, 1.165) is 5.30 Å². The van der Waals surface area contributed by atoms with Crippen LogP contribution in [0.1, 0.15) is 0 Å². The van der Waals surface area contributed by atoms with Crippen molar-refractivity contribution in [1.29, 1.82) is 0 Å². The summed E-state index contributed by atoms with van der Waals surface area (Å²) in [4.78, 5) is 0. The van der Waals surface area contributed by atoms with E-state index < -0.39 is 0 Å². The Labute approximate surface area is 61.8 Å². The Morgan fingerprint density at radius 2 is 1.60 bits per heavy atom. The Balaban J connectivity index is 3.34. The second kappa shape index (κ2) is 2.35. The molecule has 0 aliphatic carbocycles. The zero-order chi connectivity index (χ0) is 7.72. The Kier molecular flexibility index (Phi) is 1.68. The molecular weight excluding hydrogens is 145 g/mol. The molecule has 1 unspecified atom stereocenters. The molecule has 0 aliphatic heterocycles. The topological polar surface area (TPSA) is 78.1 Å². The number of anilines is 3. The summed E-state index contributed by atoms with van der Waals surface area (Å²) in [5.41, 5.74) is 18.1. The first-order valence-electron chi connectivity index (χ1n) is 2.82. The molecule has 0 amide bonds. The van der Waals surface area contributed by atoms with Gasteiger partial charge in [-0.2, -0.15) is 0 Å². The lowest BCUT2D eigenvalue weighted by molar-refractivity contribution is 1.69. The molecule has 0 heterocycles. The van der Waals surface area contributed by atoms with Crippen molar-refractivity contribution in [3.8, 4) is 0 Å². The molecule has 54 valence electrons. The van der Waals surface area contributed by atoms with Crippen LogP contribution in [-0.2, 0) is 0 Å². The van der Waals surface area contributed by atoms with Crippen LogP contribution in [0.2, 0.25) is 0 Å². The van der Waals surface area contributed by atoms with Crippen LogP contribution in [0.5, 0.6) is 0 Å². The van der Waals surface area contributed by atoms with E-state index in [0.29, 0.717) is 17.1 Å². The molecule has 0 saturated carbocycles. The minimum atomic E-state index is 0.465. The highest BCUT2D eigenvalue weighted by Crippen LogP contribution is 2.20. The Bertz CT molecular complexity index is 232. The van der Waals surface area contributed by atoms with E-state index >= 15 is 0 Å². The molecule has 1 rings (SSSR count). The maximum Gasteiger partial charge on any atom is 0.0787 e. The van der Waals surface area contributed by atoms with Gasteiger partial charge in [-0.3, -0.25) is 0 Å². The molecule has 0 fully saturated rings. The summed E-state index contributed by atoms with van der Waals surface area (Å²) in [5, 5.41) is 0.881. The first-order valence-corrected chi connectivity index (χ1v) is 3.39. The zero-order valence-electron chi connectivity index (χ0n) is 5.46. The number of rotatable bonds is 0. The van der Waals surface area contributed by atoms with E-state index in [1.165, 1.54) is 0 Å². The van der Waals surface area contributed by atoms with Crippen LogP contribution in [0, 0.1) is 0 Å². The predicted octanol–water partition coefficient (Wildman–Crippen LogP) is -0.0664. The monoisotopic (exact) mass is 155 g/mol. The smallest absolute Gasteiger partial charge is 0.0787 e. The van der Waals surface area contributed by atoms with Crippen molar-refractivity contribution in [2.24, 2.45) is 0 Å². The van der Waals surface area contributed by atoms with Crippen molar-refractivity contribution in [2.45, 2.75) is 0 Å². The molecule has 0 radical (unpaired) electrons. The normalized spacial score (nSPS) is 9.70. The minimum Gasteiger partial charge on any atom is -0.397 e. The van der Waals surface area contributed by atoms with E-state index in [9.17, 15) is 0 Å². The molecule has 0 bridgehead atoms. The summed E-state index contributed by atoms with van der Waals surface area (Å²) in [7, 11) is 2.48. The summed E-state index contributed by atoms with van der Waals surface area (Å²) in [6, 6.07) is 3.54. The van der Waals surface area contributed by atoms with Crippen molar-refractivity contribution < 1.29 is 0 Å². The highest BCUT2D eigenvalue weighted by Gasteiger charge is 2.00. The first kappa shape index (κ1) is 7.16. The molecule has 0 aromatic heterocycles. The quantitative estimate of drug-likeness (QED) is 0.362. The standard InChI is InChI=1S/C6H10N3P/c7-3-1-2-4(10)6(9)5(3)8/h1-2H,7-10H2. The van der Waals surface area contributed by atoms with Crippen molar-refractivity contribution in [1.82, 2.24) is 0 Å². The van der Waals surface area contributed by atoms with Gasteiger partial charge in [0.1, 0.15) is 0 Å². The van der Waals surface area contributed by atoms with Gasteiger partial charge >= 0.3 is 0 Å². The molecule has 0 aliphatic rings. The fraction of sp³-hybridized carbons (Fsp3) is 0. The highest BCUT2D eigenvalue weighted by atomic mass is 31.0. The van der Waals surface area contributed by atoms with Gasteiger partial charge in [-0.05, 0) is 11.4 Å². The van der Waals surface area contributed by atoms with E-state index in [1.807, 2.05) is 6.07 Å². The number of nitrogen functional groups attached to an aromatic ring is 3. The van der Waals surface area contributed by atoms with Crippen LogP contribution in [0.15, 0.2) is 12.1 Å². The summed E-state index contributed by atoms with van der Waals surface area (Å²) < 4.78 is 0. The highest BCUT2D eigenvalue weighted by molar-refractivity contribution is 7.28. The van der Waals surface area contributed by atoms with E-state index in [2.05, 4.69) is 9.24 Å². The molecular formula is C6H10N3P. The van der Waals surface area contributed by atoms with Crippen molar-refractivity contribution in [3.63, 3.8) is 0 Å². The van der Waals surface area contributed by atoms with E-state index in [1.54, 1.807) is 6.07 Å². The number of nitrogens with two attached hydrogens (primary N) is 3. The maximum atomic E-state index is 5.56. The van der Waals surface area contributed by atoms with Crippen LogP contribution in [0.25, 0.3) is 0 Å². The third-order valence-electron chi connectivity index (χ3n) is 1.35. The maximum absolute atomic E-state index is 5.56. The number of hydrogen-bond acceptors (Lipinski definition) is 3. The molecule has 1 aromatic rings. The lowest BCUT2D eigenvalue weighted by atomic mass is 10.2. The molecule has 0 saturated heterocycles. The van der Waals surface area contributed by atoms with Gasteiger partial charge in [0.05, 0.1) is 17.1 Å². The summed E-state index contributed by atoms with van der Waals surface area (Å²) in [6.45, 7) is 0.